The number of rotatable bonds is 8. The summed E-state index contributed by atoms with van der Waals surface area (Å²) in [7, 11) is 2.07. The van der Waals surface area contributed by atoms with E-state index in [9.17, 15) is 23.6 Å². The summed E-state index contributed by atoms with van der Waals surface area (Å²) in [5.41, 5.74) is -3.88. The van der Waals surface area contributed by atoms with Gasteiger partial charge >= 0.3 is 5.51 Å². The van der Waals surface area contributed by atoms with Crippen molar-refractivity contribution in [2.45, 2.75) is 31.7 Å². The van der Waals surface area contributed by atoms with Gasteiger partial charge in [-0.1, -0.05) is 19.1 Å². The van der Waals surface area contributed by atoms with E-state index >= 15 is 0 Å². The van der Waals surface area contributed by atoms with Crippen LogP contribution < -0.4 is 15.9 Å². The number of alkyl halides is 3. The van der Waals surface area contributed by atoms with Crippen molar-refractivity contribution in [1.82, 2.24) is 14.9 Å². The van der Waals surface area contributed by atoms with E-state index in [-0.39, 0.29) is 46.6 Å². The van der Waals surface area contributed by atoms with Crippen molar-refractivity contribution in [3.8, 4) is 0 Å². The van der Waals surface area contributed by atoms with E-state index in [2.05, 4.69) is 32.5 Å². The average molecular weight is 475 g/mol. The van der Waals surface area contributed by atoms with Gasteiger partial charge in [0.05, 0.1) is 6.20 Å². The first-order valence-electron chi connectivity index (χ1n) is 10.5. The maximum absolute atomic E-state index is 12.9. The molecule has 0 aromatic carbocycles. The van der Waals surface area contributed by atoms with Crippen molar-refractivity contribution >= 4 is 29.2 Å². The van der Waals surface area contributed by atoms with Gasteiger partial charge in [0, 0.05) is 18.0 Å². The third kappa shape index (κ3) is 7.34. The highest BCUT2D eigenvalue weighted by Gasteiger charge is 2.32. The van der Waals surface area contributed by atoms with Crippen LogP contribution in [0, 0.1) is 17.0 Å². The molecule has 32 heavy (non-hydrogen) atoms. The van der Waals surface area contributed by atoms with Crippen LogP contribution in [-0.2, 0) is 0 Å². The standard InChI is InChI=1S/C20H29F3N6O2S/c1-13-3-4-17(32-20(21,22)23)15(9-13)11-25-19-26-12-16(29(30)31)18(27-19)24-10-14-5-7-28(2)8-6-14/h4,9,12-14,29-30H,3,5-8,10-11H2,1-2H3,(H2,24,25,26,27). The predicted molar refractivity (Wildman–Crippen MR) is 119 cm³/mol. The van der Waals surface area contributed by atoms with Gasteiger partial charge in [0.1, 0.15) is 0 Å². The van der Waals surface area contributed by atoms with Crippen molar-refractivity contribution in [3.05, 3.63) is 34.0 Å². The Morgan fingerprint density at radius 3 is 2.69 bits per heavy atom. The van der Waals surface area contributed by atoms with Crippen LogP contribution >= 0.6 is 11.8 Å². The van der Waals surface area contributed by atoms with Gasteiger partial charge in [-0.15, -0.1) is 0 Å². The van der Waals surface area contributed by atoms with Crippen LogP contribution in [0.5, 0.6) is 0 Å². The number of anilines is 2. The second-order valence-electron chi connectivity index (χ2n) is 8.26. The molecule has 4 N–H and O–H groups in total. The highest BCUT2D eigenvalue weighted by atomic mass is 32.2. The number of thioether (sulfide) groups is 1. The van der Waals surface area contributed by atoms with Crippen LogP contribution in [0.4, 0.5) is 30.6 Å². The van der Waals surface area contributed by atoms with Crippen molar-refractivity contribution in [2.24, 2.45) is 11.8 Å². The van der Waals surface area contributed by atoms with Crippen LogP contribution in [0.15, 0.2) is 28.8 Å². The number of nitrogens with one attached hydrogen (secondary N) is 3. The first-order valence-corrected chi connectivity index (χ1v) is 11.4. The quantitative estimate of drug-likeness (QED) is 0.427. The summed E-state index contributed by atoms with van der Waals surface area (Å²) < 4.78 is 38.7. The number of aromatic nitrogens is 2. The van der Waals surface area contributed by atoms with E-state index in [1.807, 2.05) is 13.0 Å². The molecule has 0 amide bonds. The Bertz CT molecular complexity index is 841. The second kappa shape index (κ2) is 10.8. The van der Waals surface area contributed by atoms with Gasteiger partial charge in [-0.2, -0.15) is 23.4 Å². The zero-order chi connectivity index (χ0) is 23.3. The lowest BCUT2D eigenvalue weighted by molar-refractivity contribution is -0.991. The molecule has 8 nitrogen and oxygen atoms in total. The fraction of sp³-hybridized carbons (Fsp3) is 0.600. The van der Waals surface area contributed by atoms with Gasteiger partial charge < -0.3 is 20.7 Å². The number of hydrogen-bond donors (Lipinski definition) is 4. The van der Waals surface area contributed by atoms with Crippen molar-refractivity contribution in [1.29, 1.82) is 0 Å². The maximum Gasteiger partial charge on any atom is 0.446 e. The lowest BCUT2D eigenvalue weighted by atomic mass is 9.97. The third-order valence-electron chi connectivity index (χ3n) is 5.56. The summed E-state index contributed by atoms with van der Waals surface area (Å²) in [5.74, 6) is 0.920. The van der Waals surface area contributed by atoms with E-state index in [1.54, 1.807) is 6.08 Å². The molecule has 3 rings (SSSR count). The SMILES string of the molecule is CC1C=C(CNc2ncc([NH+]([O-])O)c(NCC3CCN(C)CC3)n2)C(SC(F)(F)F)=CC1. The highest BCUT2D eigenvalue weighted by molar-refractivity contribution is 8.04. The van der Waals surface area contributed by atoms with E-state index in [4.69, 9.17) is 0 Å². The largest absolute Gasteiger partial charge is 0.595 e. The molecule has 1 aliphatic heterocycles. The maximum atomic E-state index is 12.9. The van der Waals surface area contributed by atoms with Gasteiger partial charge in [-0.05, 0) is 68.6 Å². The van der Waals surface area contributed by atoms with Gasteiger partial charge in [-0.25, -0.2) is 10.2 Å². The molecule has 0 radical (unpaired) electrons. The molecule has 1 aromatic rings. The Hall–Kier alpha value is -1.86. The number of quaternary nitrogens is 1. The van der Waals surface area contributed by atoms with Crippen molar-refractivity contribution in [2.75, 3.05) is 43.9 Å². The van der Waals surface area contributed by atoms with Gasteiger partial charge in [0.25, 0.3) is 0 Å². The predicted octanol–water partition coefficient (Wildman–Crippen LogP) is 3.15. The molecule has 0 bridgehead atoms. The smallest absolute Gasteiger partial charge is 0.446 e. The monoisotopic (exact) mass is 474 g/mol. The molecule has 2 heterocycles. The number of nitrogens with zero attached hydrogens (tertiary/aromatic N) is 3. The number of halogens is 3. The molecule has 12 heteroatoms. The molecule has 1 fully saturated rings. The summed E-state index contributed by atoms with van der Waals surface area (Å²) in [6.07, 6.45) is 7.21. The van der Waals surface area contributed by atoms with E-state index in [0.717, 1.165) is 25.9 Å². The Labute approximate surface area is 189 Å². The molecular formula is C20H29F3N6O2S. The van der Waals surface area contributed by atoms with Gasteiger partial charge in [-0.3, -0.25) is 0 Å². The Balaban J connectivity index is 1.67. The molecule has 1 saturated heterocycles. The zero-order valence-electron chi connectivity index (χ0n) is 18.1. The third-order valence-corrected chi connectivity index (χ3v) is 6.44. The first-order chi connectivity index (χ1) is 15.1. The Morgan fingerprint density at radius 1 is 1.31 bits per heavy atom. The number of allylic oxidation sites excluding steroid dienone is 2. The normalized spacial score (nSPS) is 21.7. The van der Waals surface area contributed by atoms with Crippen LogP contribution in [0.2, 0.25) is 0 Å². The molecule has 0 saturated carbocycles. The lowest BCUT2D eigenvalue weighted by Crippen LogP contribution is -2.99. The average Bonchev–Trinajstić information content (AvgIpc) is 2.72. The molecule has 1 aromatic heterocycles. The van der Waals surface area contributed by atoms with Crippen LogP contribution in [0.25, 0.3) is 0 Å². The molecule has 2 atom stereocenters. The molecule has 2 aliphatic rings. The van der Waals surface area contributed by atoms with E-state index in [1.165, 1.54) is 6.20 Å². The number of likely N-dealkylation sites (tertiary alicyclic amines) is 1. The molecule has 0 spiro atoms. The summed E-state index contributed by atoms with van der Waals surface area (Å²) in [5, 5.41) is 26.0. The molecular weight excluding hydrogens is 445 g/mol. The van der Waals surface area contributed by atoms with Crippen molar-refractivity contribution < 1.29 is 23.6 Å². The van der Waals surface area contributed by atoms with Crippen LogP contribution in [0.3, 0.4) is 0 Å². The molecule has 178 valence electrons. The minimum atomic E-state index is -4.36. The Kier molecular flexibility index (Phi) is 8.39. The zero-order valence-corrected chi connectivity index (χ0v) is 18.9. The highest BCUT2D eigenvalue weighted by Crippen LogP contribution is 2.42. The second-order valence-corrected chi connectivity index (χ2v) is 9.37. The summed E-state index contributed by atoms with van der Waals surface area (Å²) in [6, 6.07) is 0. The van der Waals surface area contributed by atoms with E-state index in [0.29, 0.717) is 24.5 Å². The van der Waals surface area contributed by atoms with Gasteiger partial charge in [0.2, 0.25) is 11.6 Å². The van der Waals surface area contributed by atoms with Crippen LogP contribution in [0.1, 0.15) is 26.2 Å². The topological polar surface area (TPSA) is 101 Å². The number of piperidine rings is 1. The minimum absolute atomic E-state index is 0.0396. The number of hydrogen-bond acceptors (Lipinski definition) is 8. The van der Waals surface area contributed by atoms with E-state index < -0.39 is 10.7 Å². The molecule has 1 aliphatic carbocycles. The Morgan fingerprint density at radius 2 is 2.03 bits per heavy atom. The summed E-state index contributed by atoms with van der Waals surface area (Å²) in [4.78, 5) is 10.8. The molecule has 2 unspecified atom stereocenters. The van der Waals surface area contributed by atoms with Crippen molar-refractivity contribution in [3.63, 3.8) is 0 Å². The van der Waals surface area contributed by atoms with Gasteiger partial charge in [0.15, 0.2) is 5.82 Å². The summed E-state index contributed by atoms with van der Waals surface area (Å²) in [6.45, 7) is 4.64. The minimum Gasteiger partial charge on any atom is -0.595 e. The first kappa shape index (κ1) is 24.8. The fourth-order valence-corrected chi connectivity index (χ4v) is 4.44. The summed E-state index contributed by atoms with van der Waals surface area (Å²) >= 11 is -0.125. The van der Waals surface area contributed by atoms with Crippen LogP contribution in [-0.4, -0.2) is 58.8 Å². The fourth-order valence-electron chi connectivity index (χ4n) is 3.74. The lowest BCUT2D eigenvalue weighted by Gasteiger charge is -2.29.